The number of H-pyrrole nitrogens is 1. The van der Waals surface area contributed by atoms with E-state index >= 15 is 0 Å². The lowest BCUT2D eigenvalue weighted by Gasteiger charge is -2.17. The molecule has 0 fully saturated rings. The molecule has 4 aromatic rings. The molecule has 0 saturated heterocycles. The van der Waals surface area contributed by atoms with E-state index in [1.807, 2.05) is 60.8 Å². The van der Waals surface area contributed by atoms with Gasteiger partial charge in [-0.3, -0.25) is 4.79 Å². The van der Waals surface area contributed by atoms with Gasteiger partial charge in [-0.25, -0.2) is 10.2 Å². The van der Waals surface area contributed by atoms with E-state index in [-0.39, 0.29) is 19.6 Å². The Kier molecular flexibility index (Phi) is 9.80. The Bertz CT molecular complexity index is 1540. The van der Waals surface area contributed by atoms with Crippen LogP contribution in [-0.2, 0) is 22.6 Å². The van der Waals surface area contributed by atoms with E-state index in [1.165, 1.54) is 13.3 Å². The number of fused-ring (bicyclic) bond motifs is 1. The third-order valence-electron chi connectivity index (χ3n) is 5.87. The van der Waals surface area contributed by atoms with Gasteiger partial charge in [-0.15, -0.1) is 6.42 Å². The summed E-state index contributed by atoms with van der Waals surface area (Å²) in [6.45, 7) is 0.0876. The fourth-order valence-corrected chi connectivity index (χ4v) is 4.44. The molecule has 0 bridgehead atoms. The highest BCUT2D eigenvalue weighted by Crippen LogP contribution is 2.34. The molecule has 0 aliphatic rings. The molecule has 9 nitrogen and oxygen atoms in total. The van der Waals surface area contributed by atoms with E-state index in [4.69, 9.17) is 20.6 Å². The summed E-state index contributed by atoms with van der Waals surface area (Å²) in [6, 6.07) is 19.5. The Balaban J connectivity index is 1.51. The first-order chi connectivity index (χ1) is 19.5. The number of nitrogens with zero attached hydrogens (tertiary/aromatic N) is 1. The molecule has 0 unspecified atom stereocenters. The number of alkyl carbamates (subject to hydrolysis) is 1. The van der Waals surface area contributed by atoms with Crippen molar-refractivity contribution in [3.05, 3.63) is 94.1 Å². The van der Waals surface area contributed by atoms with Gasteiger partial charge in [-0.2, -0.15) is 5.10 Å². The minimum absolute atomic E-state index is 0.0207. The normalized spacial score (nSPS) is 11.5. The highest BCUT2D eigenvalue weighted by atomic mass is 79.9. The number of carbonyl (C=O) groups excluding carboxylic acids is 2. The lowest BCUT2D eigenvalue weighted by molar-refractivity contribution is -0.123. The van der Waals surface area contributed by atoms with Crippen molar-refractivity contribution < 1.29 is 23.8 Å². The van der Waals surface area contributed by atoms with E-state index in [0.717, 1.165) is 22.0 Å². The lowest BCUT2D eigenvalue weighted by Crippen LogP contribution is -2.47. The SMILES string of the molecule is C#CCOc1c(/C=N\NC(=O)[C@H](Cc2c[nH]c3ccccc23)NC(=O)OCc2ccccc2)cc(Br)cc1OC. The van der Waals surface area contributed by atoms with Crippen LogP contribution in [0.1, 0.15) is 16.7 Å². The van der Waals surface area contributed by atoms with Crippen molar-refractivity contribution in [2.24, 2.45) is 5.10 Å². The molecule has 3 N–H and O–H groups in total. The van der Waals surface area contributed by atoms with Crippen molar-refractivity contribution in [1.29, 1.82) is 0 Å². The van der Waals surface area contributed by atoms with Gasteiger partial charge in [0.05, 0.1) is 13.3 Å². The number of rotatable bonds is 11. The van der Waals surface area contributed by atoms with Crippen molar-refractivity contribution in [3.8, 4) is 23.8 Å². The Labute approximate surface area is 240 Å². The van der Waals surface area contributed by atoms with Crippen LogP contribution >= 0.6 is 15.9 Å². The molecule has 10 heteroatoms. The van der Waals surface area contributed by atoms with Crippen LogP contribution in [0, 0.1) is 12.3 Å². The number of terminal acetylenes is 1. The maximum Gasteiger partial charge on any atom is 0.408 e. The largest absolute Gasteiger partial charge is 0.493 e. The average molecular weight is 603 g/mol. The van der Waals surface area contributed by atoms with Crippen LogP contribution in [0.4, 0.5) is 4.79 Å². The molecule has 0 aliphatic heterocycles. The molecule has 2 amide bonds. The number of hydrogen-bond acceptors (Lipinski definition) is 6. The molecule has 204 valence electrons. The van der Waals surface area contributed by atoms with Crippen LogP contribution < -0.4 is 20.2 Å². The Hall–Kier alpha value is -4.75. The van der Waals surface area contributed by atoms with Crippen LogP contribution in [0.15, 0.2) is 82.5 Å². The molecule has 0 radical (unpaired) electrons. The van der Waals surface area contributed by atoms with Crippen LogP contribution in [0.3, 0.4) is 0 Å². The molecule has 3 aromatic carbocycles. The number of hydrazone groups is 1. The summed E-state index contributed by atoms with van der Waals surface area (Å²) in [5.41, 5.74) is 5.63. The number of para-hydroxylation sites is 1. The van der Waals surface area contributed by atoms with E-state index < -0.39 is 18.0 Å². The van der Waals surface area contributed by atoms with Crippen LogP contribution in [-0.4, -0.2) is 43.0 Å². The van der Waals surface area contributed by atoms with E-state index in [1.54, 1.807) is 12.1 Å². The quantitative estimate of drug-likeness (QED) is 0.128. The summed E-state index contributed by atoms with van der Waals surface area (Å²) in [5, 5.41) is 7.72. The molecule has 40 heavy (non-hydrogen) atoms. The van der Waals surface area contributed by atoms with Gasteiger partial charge in [-0.05, 0) is 29.3 Å². The number of ether oxygens (including phenoxy) is 3. The Morgan fingerprint density at radius 1 is 1.15 bits per heavy atom. The van der Waals surface area contributed by atoms with Gasteiger partial charge < -0.3 is 24.5 Å². The summed E-state index contributed by atoms with van der Waals surface area (Å²) in [4.78, 5) is 29.1. The second-order valence-electron chi connectivity index (χ2n) is 8.58. The van der Waals surface area contributed by atoms with Crippen LogP contribution in [0.2, 0.25) is 0 Å². The molecule has 1 aromatic heterocycles. The molecule has 1 atom stereocenters. The van der Waals surface area contributed by atoms with Crippen molar-refractivity contribution in [1.82, 2.24) is 15.7 Å². The second-order valence-corrected chi connectivity index (χ2v) is 9.49. The number of carbonyl (C=O) groups is 2. The molecular formula is C30H27BrN4O5. The van der Waals surface area contributed by atoms with E-state index in [2.05, 4.69) is 42.7 Å². The highest BCUT2D eigenvalue weighted by molar-refractivity contribution is 9.10. The van der Waals surface area contributed by atoms with Crippen LogP contribution in [0.25, 0.3) is 10.9 Å². The molecule has 4 rings (SSSR count). The first-order valence-electron chi connectivity index (χ1n) is 12.3. The first-order valence-corrected chi connectivity index (χ1v) is 13.1. The third kappa shape index (κ3) is 7.42. The van der Waals surface area contributed by atoms with Crippen molar-refractivity contribution in [2.75, 3.05) is 13.7 Å². The Morgan fingerprint density at radius 2 is 1.93 bits per heavy atom. The summed E-state index contributed by atoms with van der Waals surface area (Å²) >= 11 is 3.42. The van der Waals surface area contributed by atoms with Gasteiger partial charge in [0.2, 0.25) is 0 Å². The van der Waals surface area contributed by atoms with Crippen molar-refractivity contribution >= 4 is 45.0 Å². The zero-order valence-electron chi connectivity index (χ0n) is 21.6. The fraction of sp³-hybridized carbons (Fsp3) is 0.167. The molecular weight excluding hydrogens is 576 g/mol. The number of halogens is 1. The van der Waals surface area contributed by atoms with Gasteiger partial charge in [0.15, 0.2) is 11.5 Å². The zero-order chi connectivity index (χ0) is 28.3. The van der Waals surface area contributed by atoms with E-state index in [0.29, 0.717) is 21.5 Å². The molecule has 0 spiro atoms. The second kappa shape index (κ2) is 13.9. The number of benzene rings is 3. The van der Waals surface area contributed by atoms with Gasteiger partial charge in [-0.1, -0.05) is 70.4 Å². The highest BCUT2D eigenvalue weighted by Gasteiger charge is 2.23. The maximum absolute atomic E-state index is 13.3. The van der Waals surface area contributed by atoms with Gasteiger partial charge >= 0.3 is 6.09 Å². The fourth-order valence-electron chi connectivity index (χ4n) is 3.98. The van der Waals surface area contributed by atoms with Gasteiger partial charge in [0, 0.05) is 33.6 Å². The van der Waals surface area contributed by atoms with Gasteiger partial charge in [0.1, 0.15) is 19.3 Å². The number of hydrogen-bond donors (Lipinski definition) is 3. The number of aromatic amines is 1. The molecule has 0 aliphatic carbocycles. The average Bonchev–Trinajstić information content (AvgIpc) is 3.38. The zero-order valence-corrected chi connectivity index (χ0v) is 23.2. The summed E-state index contributed by atoms with van der Waals surface area (Å²) in [6.07, 6.45) is 8.04. The van der Waals surface area contributed by atoms with Crippen LogP contribution in [0.5, 0.6) is 11.5 Å². The number of methoxy groups -OCH3 is 1. The predicted octanol–water partition coefficient (Wildman–Crippen LogP) is 4.94. The molecule has 0 saturated carbocycles. The van der Waals surface area contributed by atoms with E-state index in [9.17, 15) is 9.59 Å². The Morgan fingerprint density at radius 3 is 2.70 bits per heavy atom. The smallest absolute Gasteiger partial charge is 0.408 e. The predicted molar refractivity (Wildman–Crippen MR) is 156 cm³/mol. The summed E-state index contributed by atoms with van der Waals surface area (Å²) in [7, 11) is 1.51. The number of aromatic nitrogens is 1. The standard InChI is InChI=1S/C30H27BrN4O5/c1-3-13-39-28-22(14-23(31)16-27(28)38-2)18-33-35-29(36)26(15-21-17-32-25-12-8-7-11-24(21)25)34-30(37)40-19-20-9-5-4-6-10-20/h1,4-12,14,16-18,26,32H,13,15,19H2,2H3,(H,34,37)(H,35,36)/b33-18-/t26-/m0/s1. The monoisotopic (exact) mass is 602 g/mol. The lowest BCUT2D eigenvalue weighted by atomic mass is 10.0. The minimum atomic E-state index is -0.978. The van der Waals surface area contributed by atoms with Gasteiger partial charge in [0.25, 0.3) is 5.91 Å². The topological polar surface area (TPSA) is 114 Å². The van der Waals surface area contributed by atoms with Crippen molar-refractivity contribution in [3.63, 3.8) is 0 Å². The third-order valence-corrected chi connectivity index (χ3v) is 6.32. The maximum atomic E-state index is 13.3. The number of amides is 2. The summed E-state index contributed by atoms with van der Waals surface area (Å²) in [5.74, 6) is 2.69. The minimum Gasteiger partial charge on any atom is -0.493 e. The molecule has 1 heterocycles. The van der Waals surface area contributed by atoms with Crippen molar-refractivity contribution in [2.45, 2.75) is 19.1 Å². The number of nitrogens with one attached hydrogen (secondary N) is 3. The summed E-state index contributed by atoms with van der Waals surface area (Å²) < 4.78 is 17.1. The first kappa shape index (κ1) is 28.3.